The van der Waals surface area contributed by atoms with E-state index in [2.05, 4.69) is 17.3 Å². The summed E-state index contributed by atoms with van der Waals surface area (Å²) in [5.41, 5.74) is 3.19. The number of aryl methyl sites for hydroxylation is 2. The highest BCUT2D eigenvalue weighted by molar-refractivity contribution is 6.36. The van der Waals surface area contributed by atoms with Gasteiger partial charge in [-0.1, -0.05) is 36.2 Å². The average molecular weight is 312 g/mol. The number of hydrogen-bond donors (Lipinski definition) is 1. The third-order valence-corrected chi connectivity index (χ3v) is 4.06. The summed E-state index contributed by atoms with van der Waals surface area (Å²) in [5, 5.41) is 9.32. The molecule has 1 heterocycles. The van der Waals surface area contributed by atoms with Gasteiger partial charge >= 0.3 is 0 Å². The number of halogens is 2. The Morgan fingerprint density at radius 2 is 1.95 bits per heavy atom. The van der Waals surface area contributed by atoms with E-state index in [9.17, 15) is 0 Å². The lowest BCUT2D eigenvalue weighted by Crippen LogP contribution is -2.23. The second kappa shape index (κ2) is 6.61. The standard InChI is InChI=1S/C15H19Cl2N3/c1-4-18-15(12-9-20(3)19-10(12)2)8-11-13(16)6-5-7-14(11)17/h5-7,9,15,18H,4,8H2,1-3H3. The van der Waals surface area contributed by atoms with Crippen LogP contribution in [0.3, 0.4) is 0 Å². The topological polar surface area (TPSA) is 29.9 Å². The van der Waals surface area contributed by atoms with Crippen LogP contribution in [0.2, 0.25) is 10.0 Å². The minimum atomic E-state index is 0.158. The zero-order chi connectivity index (χ0) is 14.7. The van der Waals surface area contributed by atoms with Gasteiger partial charge in [0, 0.05) is 34.9 Å². The lowest BCUT2D eigenvalue weighted by Gasteiger charge is -2.19. The number of nitrogens with one attached hydrogen (secondary N) is 1. The molecule has 0 aliphatic rings. The predicted octanol–water partition coefficient (Wildman–Crippen LogP) is 3.93. The van der Waals surface area contributed by atoms with Crippen LogP contribution in [0.15, 0.2) is 24.4 Å². The number of nitrogens with zero attached hydrogens (tertiary/aromatic N) is 2. The van der Waals surface area contributed by atoms with Crippen LogP contribution in [-0.2, 0) is 13.5 Å². The van der Waals surface area contributed by atoms with E-state index in [0.717, 1.165) is 24.2 Å². The van der Waals surface area contributed by atoms with Crippen molar-refractivity contribution in [3.63, 3.8) is 0 Å². The molecule has 5 heteroatoms. The second-order valence-corrected chi connectivity index (χ2v) is 5.67. The van der Waals surface area contributed by atoms with Gasteiger partial charge in [0.1, 0.15) is 0 Å². The molecule has 0 saturated carbocycles. The maximum absolute atomic E-state index is 6.27. The van der Waals surface area contributed by atoms with Crippen LogP contribution in [0, 0.1) is 6.92 Å². The first-order valence-electron chi connectivity index (χ1n) is 6.69. The maximum Gasteiger partial charge on any atom is 0.0641 e. The fourth-order valence-corrected chi connectivity index (χ4v) is 2.98. The molecule has 0 fully saturated rings. The lowest BCUT2D eigenvalue weighted by molar-refractivity contribution is 0.547. The smallest absolute Gasteiger partial charge is 0.0641 e. The second-order valence-electron chi connectivity index (χ2n) is 4.86. The molecule has 108 valence electrons. The fourth-order valence-electron chi connectivity index (χ4n) is 2.43. The zero-order valence-electron chi connectivity index (χ0n) is 12.0. The van der Waals surface area contributed by atoms with Gasteiger partial charge in [-0.25, -0.2) is 0 Å². The Labute approximate surface area is 129 Å². The van der Waals surface area contributed by atoms with Crippen molar-refractivity contribution in [3.8, 4) is 0 Å². The van der Waals surface area contributed by atoms with Crippen molar-refractivity contribution in [2.24, 2.45) is 7.05 Å². The molecule has 1 aromatic carbocycles. The molecular formula is C15H19Cl2N3. The van der Waals surface area contributed by atoms with Gasteiger partial charge in [0.2, 0.25) is 0 Å². The minimum absolute atomic E-state index is 0.158. The van der Waals surface area contributed by atoms with E-state index in [-0.39, 0.29) is 6.04 Å². The molecule has 0 bridgehead atoms. The molecule has 0 saturated heterocycles. The summed E-state index contributed by atoms with van der Waals surface area (Å²) in [5.74, 6) is 0. The molecule has 0 aliphatic heterocycles. The fraction of sp³-hybridized carbons (Fsp3) is 0.400. The number of likely N-dealkylation sites (N-methyl/N-ethyl adjacent to an activating group) is 1. The Balaban J connectivity index is 2.33. The van der Waals surface area contributed by atoms with Gasteiger partial charge in [-0.05, 0) is 37.6 Å². The Morgan fingerprint density at radius 3 is 2.45 bits per heavy atom. The quantitative estimate of drug-likeness (QED) is 0.906. The number of benzene rings is 1. The first-order chi connectivity index (χ1) is 9.52. The van der Waals surface area contributed by atoms with Crippen LogP contribution in [0.1, 0.15) is 29.8 Å². The summed E-state index contributed by atoms with van der Waals surface area (Å²) >= 11 is 12.5. The first kappa shape index (κ1) is 15.4. The summed E-state index contributed by atoms with van der Waals surface area (Å²) in [7, 11) is 1.93. The number of rotatable bonds is 5. The zero-order valence-corrected chi connectivity index (χ0v) is 13.5. The molecular weight excluding hydrogens is 293 g/mol. The van der Waals surface area contributed by atoms with Crippen molar-refractivity contribution in [2.45, 2.75) is 26.3 Å². The summed E-state index contributed by atoms with van der Waals surface area (Å²) in [6, 6.07) is 5.78. The Kier molecular flexibility index (Phi) is 5.08. The number of hydrogen-bond acceptors (Lipinski definition) is 2. The highest BCUT2D eigenvalue weighted by Crippen LogP contribution is 2.30. The van der Waals surface area contributed by atoms with E-state index in [1.807, 2.05) is 43.0 Å². The molecule has 1 aromatic heterocycles. The summed E-state index contributed by atoms with van der Waals surface area (Å²) in [4.78, 5) is 0. The third-order valence-electron chi connectivity index (χ3n) is 3.35. The highest BCUT2D eigenvalue weighted by Gasteiger charge is 2.18. The molecule has 20 heavy (non-hydrogen) atoms. The van der Waals surface area contributed by atoms with Crippen molar-refractivity contribution in [1.29, 1.82) is 0 Å². The van der Waals surface area contributed by atoms with Crippen molar-refractivity contribution < 1.29 is 0 Å². The van der Waals surface area contributed by atoms with Gasteiger partial charge in [0.25, 0.3) is 0 Å². The van der Waals surface area contributed by atoms with E-state index >= 15 is 0 Å². The molecule has 1 unspecified atom stereocenters. The Bertz CT molecular complexity index is 573. The third kappa shape index (κ3) is 3.35. The van der Waals surface area contributed by atoms with E-state index in [1.165, 1.54) is 5.56 Å². The lowest BCUT2D eigenvalue weighted by atomic mass is 9.99. The van der Waals surface area contributed by atoms with E-state index in [0.29, 0.717) is 10.0 Å². The van der Waals surface area contributed by atoms with Gasteiger partial charge in [0.05, 0.1) is 5.69 Å². The predicted molar refractivity (Wildman–Crippen MR) is 84.5 cm³/mol. The Morgan fingerprint density at radius 1 is 1.30 bits per heavy atom. The molecule has 0 aliphatic carbocycles. The molecule has 1 atom stereocenters. The average Bonchev–Trinajstić information content (AvgIpc) is 2.72. The van der Waals surface area contributed by atoms with Gasteiger partial charge in [0.15, 0.2) is 0 Å². The molecule has 0 spiro atoms. The largest absolute Gasteiger partial charge is 0.310 e. The van der Waals surface area contributed by atoms with Gasteiger partial charge in [-0.15, -0.1) is 0 Å². The molecule has 0 amide bonds. The normalized spacial score (nSPS) is 12.7. The van der Waals surface area contributed by atoms with E-state index < -0.39 is 0 Å². The van der Waals surface area contributed by atoms with Gasteiger partial charge in [-0.2, -0.15) is 5.10 Å². The minimum Gasteiger partial charge on any atom is -0.310 e. The Hall–Kier alpha value is -1.03. The van der Waals surface area contributed by atoms with Crippen molar-refractivity contribution in [3.05, 3.63) is 51.3 Å². The van der Waals surface area contributed by atoms with E-state index in [1.54, 1.807) is 0 Å². The molecule has 2 rings (SSSR count). The molecule has 0 radical (unpaired) electrons. The van der Waals surface area contributed by atoms with Crippen LogP contribution in [0.5, 0.6) is 0 Å². The van der Waals surface area contributed by atoms with Crippen LogP contribution < -0.4 is 5.32 Å². The van der Waals surface area contributed by atoms with Crippen molar-refractivity contribution >= 4 is 23.2 Å². The summed E-state index contributed by atoms with van der Waals surface area (Å²) in [6.07, 6.45) is 2.80. The van der Waals surface area contributed by atoms with Gasteiger partial charge in [-0.3, -0.25) is 4.68 Å². The van der Waals surface area contributed by atoms with Crippen LogP contribution in [0.4, 0.5) is 0 Å². The van der Waals surface area contributed by atoms with E-state index in [4.69, 9.17) is 23.2 Å². The molecule has 1 N–H and O–H groups in total. The van der Waals surface area contributed by atoms with Crippen molar-refractivity contribution in [2.75, 3.05) is 6.54 Å². The summed E-state index contributed by atoms with van der Waals surface area (Å²) in [6.45, 7) is 4.99. The molecule has 2 aromatic rings. The highest BCUT2D eigenvalue weighted by atomic mass is 35.5. The van der Waals surface area contributed by atoms with Crippen LogP contribution in [-0.4, -0.2) is 16.3 Å². The maximum atomic E-state index is 6.27. The van der Waals surface area contributed by atoms with Crippen molar-refractivity contribution in [1.82, 2.24) is 15.1 Å². The van der Waals surface area contributed by atoms with Crippen LogP contribution >= 0.6 is 23.2 Å². The monoisotopic (exact) mass is 311 g/mol. The SMILES string of the molecule is CCNC(Cc1c(Cl)cccc1Cl)c1cn(C)nc1C. The number of aromatic nitrogens is 2. The first-order valence-corrected chi connectivity index (χ1v) is 7.45. The van der Waals surface area contributed by atoms with Crippen LogP contribution in [0.25, 0.3) is 0 Å². The molecule has 3 nitrogen and oxygen atoms in total. The van der Waals surface area contributed by atoms with Gasteiger partial charge < -0.3 is 5.32 Å². The summed E-state index contributed by atoms with van der Waals surface area (Å²) < 4.78 is 1.84.